The van der Waals surface area contributed by atoms with Gasteiger partial charge in [0, 0.05) is 30.2 Å². The van der Waals surface area contributed by atoms with E-state index in [1.807, 2.05) is 43.5 Å². The molecule has 0 aliphatic carbocycles. The number of nitrogens with one attached hydrogen (secondary N) is 3. The summed E-state index contributed by atoms with van der Waals surface area (Å²) in [5.74, 6) is 0.536. The Morgan fingerprint density at radius 1 is 1.17 bits per heavy atom. The lowest BCUT2D eigenvalue weighted by molar-refractivity contribution is 0.629. The summed E-state index contributed by atoms with van der Waals surface area (Å²) >= 11 is 0. The smallest absolute Gasteiger partial charge is 0.191 e. The van der Waals surface area contributed by atoms with Crippen LogP contribution in [-0.2, 0) is 13.0 Å². The van der Waals surface area contributed by atoms with Gasteiger partial charge in [0.2, 0.25) is 0 Å². The Kier molecular flexibility index (Phi) is 6.03. The second kappa shape index (κ2) is 9.21. The largest absolute Gasteiger partial charge is 0.361 e. The highest BCUT2D eigenvalue weighted by molar-refractivity contribution is 5.83. The van der Waals surface area contributed by atoms with Gasteiger partial charge in [-0.05, 0) is 54.8 Å². The minimum atomic E-state index is -0.232. The number of guanidine groups is 1. The zero-order valence-corrected chi connectivity index (χ0v) is 16.8. The third kappa shape index (κ3) is 4.65. The molecule has 4 aromatic rings. The molecule has 0 saturated heterocycles. The minimum Gasteiger partial charge on any atom is -0.361 e. The van der Waals surface area contributed by atoms with E-state index in [-0.39, 0.29) is 5.82 Å². The van der Waals surface area contributed by atoms with Crippen LogP contribution in [0, 0.1) is 5.82 Å². The summed E-state index contributed by atoms with van der Waals surface area (Å²) in [6.45, 7) is 4.11. The molecule has 0 bridgehead atoms. The lowest BCUT2D eigenvalue weighted by atomic mass is 10.1. The first kappa shape index (κ1) is 19.6. The van der Waals surface area contributed by atoms with Crippen LogP contribution in [0.2, 0.25) is 0 Å². The van der Waals surface area contributed by atoms with Crippen LogP contribution in [0.25, 0.3) is 16.6 Å². The normalized spacial score (nSPS) is 11.7. The fourth-order valence-corrected chi connectivity index (χ4v) is 3.29. The molecule has 154 valence electrons. The molecule has 0 atom stereocenters. The molecule has 0 amide bonds. The average Bonchev–Trinajstić information content (AvgIpc) is 3.43. The van der Waals surface area contributed by atoms with Gasteiger partial charge in [0.05, 0.1) is 12.2 Å². The van der Waals surface area contributed by atoms with Gasteiger partial charge in [-0.3, -0.25) is 0 Å². The number of rotatable bonds is 7. The number of aliphatic imine (C=N–C) groups is 1. The van der Waals surface area contributed by atoms with Crippen molar-refractivity contribution in [1.29, 1.82) is 0 Å². The number of aromatic nitrogens is 4. The highest BCUT2D eigenvalue weighted by atomic mass is 19.1. The zero-order chi connectivity index (χ0) is 20.8. The maximum absolute atomic E-state index is 13.3. The van der Waals surface area contributed by atoms with Crippen LogP contribution in [0.5, 0.6) is 0 Å². The lowest BCUT2D eigenvalue weighted by Crippen LogP contribution is -2.38. The molecule has 7 nitrogen and oxygen atoms in total. The Bertz CT molecular complexity index is 1110. The van der Waals surface area contributed by atoms with Crippen LogP contribution in [-0.4, -0.2) is 38.8 Å². The highest BCUT2D eigenvalue weighted by Crippen LogP contribution is 2.19. The van der Waals surface area contributed by atoms with Crippen molar-refractivity contribution in [2.75, 3.05) is 13.1 Å². The summed E-state index contributed by atoms with van der Waals surface area (Å²) in [5, 5.41) is 11.8. The summed E-state index contributed by atoms with van der Waals surface area (Å²) in [4.78, 5) is 11.8. The van der Waals surface area contributed by atoms with Gasteiger partial charge in [-0.25, -0.2) is 19.0 Å². The van der Waals surface area contributed by atoms with Gasteiger partial charge in [-0.15, -0.1) is 0 Å². The second-order valence-corrected chi connectivity index (χ2v) is 6.88. The van der Waals surface area contributed by atoms with E-state index in [0.717, 1.165) is 53.2 Å². The number of H-pyrrole nitrogens is 1. The first-order valence-electron chi connectivity index (χ1n) is 9.94. The molecule has 4 rings (SSSR count). The molecule has 30 heavy (non-hydrogen) atoms. The summed E-state index contributed by atoms with van der Waals surface area (Å²) < 4.78 is 15.1. The van der Waals surface area contributed by atoms with Crippen molar-refractivity contribution in [3.63, 3.8) is 0 Å². The third-order valence-electron chi connectivity index (χ3n) is 4.80. The molecule has 0 aliphatic heterocycles. The third-order valence-corrected chi connectivity index (χ3v) is 4.80. The number of nitrogens with zero attached hydrogens (tertiary/aromatic N) is 4. The number of fused-ring (bicyclic) bond motifs is 1. The number of hydrogen-bond donors (Lipinski definition) is 3. The summed E-state index contributed by atoms with van der Waals surface area (Å²) in [6.07, 6.45) is 5.93. The first-order valence-corrected chi connectivity index (χ1v) is 9.94. The summed E-state index contributed by atoms with van der Waals surface area (Å²) in [6, 6.07) is 12.9. The lowest BCUT2D eigenvalue weighted by Gasteiger charge is -2.11. The molecule has 8 heteroatoms. The van der Waals surface area contributed by atoms with Crippen LogP contribution in [0.3, 0.4) is 0 Å². The van der Waals surface area contributed by atoms with Crippen LogP contribution < -0.4 is 10.6 Å². The molecule has 0 radical (unpaired) electrons. The van der Waals surface area contributed by atoms with Crippen LogP contribution in [0.15, 0.2) is 66.3 Å². The molecule has 2 heterocycles. The minimum absolute atomic E-state index is 0.232. The van der Waals surface area contributed by atoms with Gasteiger partial charge >= 0.3 is 0 Å². The maximum Gasteiger partial charge on any atom is 0.191 e. The molecule has 2 aromatic carbocycles. The van der Waals surface area contributed by atoms with Gasteiger partial charge in [0.1, 0.15) is 18.5 Å². The fourth-order valence-electron chi connectivity index (χ4n) is 3.29. The number of halogens is 1. The summed E-state index contributed by atoms with van der Waals surface area (Å²) in [5.41, 5.74) is 4.04. The highest BCUT2D eigenvalue weighted by Gasteiger charge is 2.05. The summed E-state index contributed by atoms with van der Waals surface area (Å²) in [7, 11) is 0. The van der Waals surface area contributed by atoms with Gasteiger partial charge in [0.25, 0.3) is 0 Å². The molecule has 0 aliphatic rings. The predicted octanol–water partition coefficient (Wildman–Crippen LogP) is 3.19. The van der Waals surface area contributed by atoms with E-state index in [4.69, 9.17) is 0 Å². The van der Waals surface area contributed by atoms with Crippen molar-refractivity contribution in [1.82, 2.24) is 30.4 Å². The molecule has 3 N–H and O–H groups in total. The number of aromatic amines is 1. The van der Waals surface area contributed by atoms with Gasteiger partial charge in [-0.1, -0.05) is 12.1 Å². The standard InChI is InChI=1S/C22H24FN7/c1-2-25-22(26-10-9-17-13-27-21-11-18(23)5-8-20(17)21)28-12-16-3-6-19(7-4-16)30-15-24-14-29-30/h3-8,11,13-15,27H,2,9-10,12H2,1H3,(H2,25,26,28). The predicted molar refractivity (Wildman–Crippen MR) is 116 cm³/mol. The van der Waals surface area contributed by atoms with E-state index >= 15 is 0 Å². The van der Waals surface area contributed by atoms with E-state index in [0.29, 0.717) is 6.54 Å². The topological polar surface area (TPSA) is 82.9 Å². The number of hydrogen-bond acceptors (Lipinski definition) is 3. The van der Waals surface area contributed by atoms with E-state index in [9.17, 15) is 4.39 Å². The second-order valence-electron chi connectivity index (χ2n) is 6.88. The maximum atomic E-state index is 13.3. The Labute approximate surface area is 174 Å². The van der Waals surface area contributed by atoms with Gasteiger partial charge < -0.3 is 15.6 Å². The Morgan fingerprint density at radius 2 is 2.03 bits per heavy atom. The monoisotopic (exact) mass is 405 g/mol. The molecule has 0 unspecified atom stereocenters. The zero-order valence-electron chi connectivity index (χ0n) is 16.8. The van der Waals surface area contributed by atoms with Crippen molar-refractivity contribution in [2.24, 2.45) is 4.99 Å². The molecule has 2 aromatic heterocycles. The molecular weight excluding hydrogens is 381 g/mol. The van der Waals surface area contributed by atoms with Gasteiger partial charge in [-0.2, -0.15) is 5.10 Å². The van der Waals surface area contributed by atoms with E-state index in [1.165, 1.54) is 18.5 Å². The van der Waals surface area contributed by atoms with Crippen LogP contribution in [0.4, 0.5) is 4.39 Å². The van der Waals surface area contributed by atoms with E-state index < -0.39 is 0 Å². The van der Waals surface area contributed by atoms with Crippen molar-refractivity contribution in [2.45, 2.75) is 19.9 Å². The average molecular weight is 405 g/mol. The van der Waals surface area contributed by atoms with E-state index in [1.54, 1.807) is 11.0 Å². The SMILES string of the molecule is CCNC(=NCc1ccc(-n2cncn2)cc1)NCCc1c[nH]c2cc(F)ccc12. The molecule has 0 saturated carbocycles. The van der Waals surface area contributed by atoms with Gasteiger partial charge in [0.15, 0.2) is 5.96 Å². The van der Waals surface area contributed by atoms with E-state index in [2.05, 4.69) is 30.7 Å². The quantitative estimate of drug-likeness (QED) is 0.326. The first-order chi connectivity index (χ1) is 14.7. The van der Waals surface area contributed by atoms with Crippen molar-refractivity contribution < 1.29 is 4.39 Å². The Hall–Kier alpha value is -3.68. The number of benzene rings is 2. The van der Waals surface area contributed by atoms with Crippen LogP contribution >= 0.6 is 0 Å². The molecule has 0 spiro atoms. The fraction of sp³-hybridized carbons (Fsp3) is 0.227. The van der Waals surface area contributed by atoms with Crippen molar-refractivity contribution in [3.8, 4) is 5.69 Å². The van der Waals surface area contributed by atoms with Crippen molar-refractivity contribution in [3.05, 3.63) is 78.3 Å². The Balaban J connectivity index is 1.35. The molecule has 0 fully saturated rings. The van der Waals surface area contributed by atoms with Crippen molar-refractivity contribution >= 4 is 16.9 Å². The Morgan fingerprint density at radius 3 is 2.80 bits per heavy atom. The molecular formula is C22H24FN7. The van der Waals surface area contributed by atoms with Crippen LogP contribution in [0.1, 0.15) is 18.1 Å².